The first-order chi connectivity index (χ1) is 6.25. The molecule has 0 saturated carbocycles. The Morgan fingerprint density at radius 3 is 2.77 bits per heavy atom. The van der Waals surface area contributed by atoms with Crippen molar-refractivity contribution in [3.05, 3.63) is 29.8 Å². The van der Waals surface area contributed by atoms with E-state index < -0.39 is 0 Å². The molecule has 3 heteroatoms. The largest absolute Gasteiger partial charge is 0.507 e. The Labute approximate surface area is 77.4 Å². The minimum Gasteiger partial charge on any atom is -0.507 e. The maximum absolute atomic E-state index is 11.4. The number of ketones is 1. The van der Waals surface area contributed by atoms with E-state index in [1.807, 2.05) is 0 Å². The number of aromatic hydroxyl groups is 1. The van der Waals surface area contributed by atoms with Gasteiger partial charge in [0.1, 0.15) is 5.75 Å². The van der Waals surface area contributed by atoms with Gasteiger partial charge in [0, 0.05) is 13.0 Å². The fraction of sp³-hybridized carbons (Fsp3) is 0.300. The van der Waals surface area contributed by atoms with Gasteiger partial charge in [-0.15, -0.1) is 0 Å². The van der Waals surface area contributed by atoms with Crippen LogP contribution in [0.1, 0.15) is 16.8 Å². The molecule has 0 spiro atoms. The third-order valence-electron chi connectivity index (χ3n) is 1.81. The number of para-hydroxylation sites is 1. The molecule has 0 bridgehead atoms. The number of nitrogens with one attached hydrogen (secondary N) is 1. The molecule has 0 aliphatic heterocycles. The first-order valence-electron chi connectivity index (χ1n) is 4.21. The number of hydrogen-bond acceptors (Lipinski definition) is 3. The minimum absolute atomic E-state index is 0.0348. The zero-order valence-corrected chi connectivity index (χ0v) is 7.58. The monoisotopic (exact) mass is 179 g/mol. The van der Waals surface area contributed by atoms with Crippen LogP contribution in [0.2, 0.25) is 0 Å². The van der Waals surface area contributed by atoms with Crippen molar-refractivity contribution in [3.63, 3.8) is 0 Å². The SMILES string of the molecule is CNCCC(=O)c1ccccc1O. The highest BCUT2D eigenvalue weighted by Gasteiger charge is 2.08. The van der Waals surface area contributed by atoms with Gasteiger partial charge < -0.3 is 10.4 Å². The van der Waals surface area contributed by atoms with Crippen molar-refractivity contribution in [1.29, 1.82) is 0 Å². The predicted molar refractivity (Wildman–Crippen MR) is 51.0 cm³/mol. The molecule has 0 saturated heterocycles. The molecule has 13 heavy (non-hydrogen) atoms. The molecule has 0 atom stereocenters. The fourth-order valence-electron chi connectivity index (χ4n) is 1.08. The number of carbonyl (C=O) groups is 1. The number of carbonyl (C=O) groups excluding carboxylic acids is 1. The molecule has 0 aliphatic rings. The summed E-state index contributed by atoms with van der Waals surface area (Å²) in [6.45, 7) is 0.632. The number of Topliss-reactive ketones (excluding diaryl/α,β-unsaturated/α-hetero) is 1. The van der Waals surface area contributed by atoms with Crippen LogP contribution in [0, 0.1) is 0 Å². The van der Waals surface area contributed by atoms with E-state index in [4.69, 9.17) is 0 Å². The Hall–Kier alpha value is -1.35. The third kappa shape index (κ3) is 2.56. The summed E-state index contributed by atoms with van der Waals surface area (Å²) in [4.78, 5) is 11.4. The molecule has 1 aromatic carbocycles. The first kappa shape index (κ1) is 9.74. The quantitative estimate of drug-likeness (QED) is 0.682. The molecule has 0 aromatic heterocycles. The molecule has 1 rings (SSSR count). The maximum Gasteiger partial charge on any atom is 0.167 e. The van der Waals surface area contributed by atoms with Crippen LogP contribution in [0.25, 0.3) is 0 Å². The van der Waals surface area contributed by atoms with Crippen molar-refractivity contribution >= 4 is 5.78 Å². The lowest BCUT2D eigenvalue weighted by Gasteiger charge is -2.02. The van der Waals surface area contributed by atoms with Crippen LogP contribution in [0.5, 0.6) is 5.75 Å². The van der Waals surface area contributed by atoms with Crippen LogP contribution in [-0.2, 0) is 0 Å². The van der Waals surface area contributed by atoms with E-state index in [1.165, 1.54) is 6.07 Å². The van der Waals surface area contributed by atoms with Crippen molar-refractivity contribution in [2.45, 2.75) is 6.42 Å². The topological polar surface area (TPSA) is 49.3 Å². The number of phenolic OH excluding ortho intramolecular Hbond substituents is 1. The zero-order valence-electron chi connectivity index (χ0n) is 7.58. The summed E-state index contributed by atoms with van der Waals surface area (Å²) < 4.78 is 0. The van der Waals surface area contributed by atoms with Crippen LogP contribution in [0.15, 0.2) is 24.3 Å². The molecule has 70 valence electrons. The lowest BCUT2D eigenvalue weighted by atomic mass is 10.1. The normalized spacial score (nSPS) is 9.92. The lowest BCUT2D eigenvalue weighted by Crippen LogP contribution is -2.13. The number of hydrogen-bond donors (Lipinski definition) is 2. The summed E-state index contributed by atoms with van der Waals surface area (Å²) in [7, 11) is 1.79. The van der Waals surface area contributed by atoms with Crippen LogP contribution in [-0.4, -0.2) is 24.5 Å². The third-order valence-corrected chi connectivity index (χ3v) is 1.81. The van der Waals surface area contributed by atoms with Crippen LogP contribution >= 0.6 is 0 Å². The van der Waals surface area contributed by atoms with E-state index in [2.05, 4.69) is 5.32 Å². The summed E-state index contributed by atoms with van der Waals surface area (Å²) in [6.07, 6.45) is 0.411. The standard InChI is InChI=1S/C10H13NO2/c1-11-7-6-10(13)8-4-2-3-5-9(8)12/h2-5,11-12H,6-7H2,1H3. The molecule has 0 heterocycles. The van der Waals surface area contributed by atoms with Gasteiger partial charge in [0.15, 0.2) is 5.78 Å². The molecule has 0 fully saturated rings. The van der Waals surface area contributed by atoms with Gasteiger partial charge in [-0.3, -0.25) is 4.79 Å². The van der Waals surface area contributed by atoms with Gasteiger partial charge >= 0.3 is 0 Å². The van der Waals surface area contributed by atoms with Crippen molar-refractivity contribution in [2.24, 2.45) is 0 Å². The summed E-state index contributed by atoms with van der Waals surface area (Å²) in [5.74, 6) is 0.0241. The van der Waals surface area contributed by atoms with Crippen LogP contribution in [0.4, 0.5) is 0 Å². The molecule has 2 N–H and O–H groups in total. The van der Waals surface area contributed by atoms with E-state index >= 15 is 0 Å². The van der Waals surface area contributed by atoms with Gasteiger partial charge in [-0.05, 0) is 19.2 Å². The number of benzene rings is 1. The minimum atomic E-state index is -0.0348. The van der Waals surface area contributed by atoms with Crippen LogP contribution < -0.4 is 5.32 Å². The molecule has 0 radical (unpaired) electrons. The second kappa shape index (κ2) is 4.62. The fourth-order valence-corrected chi connectivity index (χ4v) is 1.08. The molecule has 3 nitrogen and oxygen atoms in total. The molecule has 0 amide bonds. The van der Waals surface area contributed by atoms with Gasteiger partial charge in [-0.1, -0.05) is 12.1 Å². The summed E-state index contributed by atoms with van der Waals surface area (Å²) >= 11 is 0. The second-order valence-electron chi connectivity index (χ2n) is 2.79. The molecule has 0 unspecified atom stereocenters. The maximum atomic E-state index is 11.4. The predicted octanol–water partition coefficient (Wildman–Crippen LogP) is 1.18. The highest BCUT2D eigenvalue weighted by molar-refractivity contribution is 5.98. The summed E-state index contributed by atoms with van der Waals surface area (Å²) in [5, 5.41) is 12.2. The number of rotatable bonds is 4. The Bertz CT molecular complexity index is 297. The van der Waals surface area contributed by atoms with Crippen molar-refractivity contribution in [1.82, 2.24) is 5.32 Å². The van der Waals surface area contributed by atoms with E-state index in [0.717, 1.165) is 0 Å². The molecule has 1 aromatic rings. The van der Waals surface area contributed by atoms with Gasteiger partial charge in [0.2, 0.25) is 0 Å². The summed E-state index contributed by atoms with van der Waals surface area (Å²) in [6, 6.07) is 6.59. The Morgan fingerprint density at radius 1 is 1.46 bits per heavy atom. The summed E-state index contributed by atoms with van der Waals surface area (Å²) in [5.41, 5.74) is 0.401. The highest BCUT2D eigenvalue weighted by atomic mass is 16.3. The average molecular weight is 179 g/mol. The average Bonchev–Trinajstić information content (AvgIpc) is 2.15. The van der Waals surface area contributed by atoms with E-state index in [9.17, 15) is 9.90 Å². The molecule has 0 aliphatic carbocycles. The van der Waals surface area contributed by atoms with E-state index in [1.54, 1.807) is 25.2 Å². The Morgan fingerprint density at radius 2 is 2.15 bits per heavy atom. The molecular formula is C10H13NO2. The lowest BCUT2D eigenvalue weighted by molar-refractivity contribution is 0.0980. The molecular weight excluding hydrogens is 166 g/mol. The highest BCUT2D eigenvalue weighted by Crippen LogP contribution is 2.16. The van der Waals surface area contributed by atoms with Gasteiger partial charge in [0.05, 0.1) is 5.56 Å². The van der Waals surface area contributed by atoms with Gasteiger partial charge in [0.25, 0.3) is 0 Å². The first-order valence-corrected chi connectivity index (χ1v) is 4.21. The van der Waals surface area contributed by atoms with Gasteiger partial charge in [-0.2, -0.15) is 0 Å². The van der Waals surface area contributed by atoms with Crippen molar-refractivity contribution in [3.8, 4) is 5.75 Å². The Balaban J connectivity index is 2.71. The van der Waals surface area contributed by atoms with Crippen molar-refractivity contribution < 1.29 is 9.90 Å². The Kier molecular flexibility index (Phi) is 3.46. The van der Waals surface area contributed by atoms with E-state index in [-0.39, 0.29) is 11.5 Å². The van der Waals surface area contributed by atoms with Crippen LogP contribution in [0.3, 0.4) is 0 Å². The van der Waals surface area contributed by atoms with Crippen molar-refractivity contribution in [2.75, 3.05) is 13.6 Å². The number of phenols is 1. The smallest absolute Gasteiger partial charge is 0.167 e. The zero-order chi connectivity index (χ0) is 9.68. The van der Waals surface area contributed by atoms with E-state index in [0.29, 0.717) is 18.5 Å². The second-order valence-corrected chi connectivity index (χ2v) is 2.79. The van der Waals surface area contributed by atoms with Gasteiger partial charge in [-0.25, -0.2) is 0 Å².